The standard InChI is InChI=1S/2C40H68O3S.Ba/c2*1-3-5-7-9-11-13-15-17-19-21-23-25-27-30-36-32-29-33-37-34-38(40(35-39(36)37)44(41,42)43)31-28-26-24-22-20-18-16-14-12-10-8-6-4-2;/h2*29,32-35H,3-28,30-31H2,1-2H3,(H,41,42,43);/q;;+2/p-2. The van der Waals surface area contributed by atoms with Gasteiger partial charge in [0.05, 0.1) is 9.79 Å². The second kappa shape index (κ2) is 56.0. The smallest absolute Gasteiger partial charge is 0.744 e. The van der Waals surface area contributed by atoms with Crippen LogP contribution in [0.1, 0.15) is 384 Å². The van der Waals surface area contributed by atoms with Gasteiger partial charge < -0.3 is 9.11 Å². The second-order valence-corrected chi connectivity index (χ2v) is 29.8. The van der Waals surface area contributed by atoms with E-state index in [4.69, 9.17) is 0 Å². The van der Waals surface area contributed by atoms with E-state index in [1.807, 2.05) is 12.1 Å². The van der Waals surface area contributed by atoms with Crippen molar-refractivity contribution in [2.45, 2.75) is 397 Å². The van der Waals surface area contributed by atoms with Crippen molar-refractivity contribution in [2.75, 3.05) is 0 Å². The topological polar surface area (TPSA) is 114 Å². The van der Waals surface area contributed by atoms with Gasteiger partial charge in [0.2, 0.25) is 0 Å². The summed E-state index contributed by atoms with van der Waals surface area (Å²) in [5.74, 6) is 0. The summed E-state index contributed by atoms with van der Waals surface area (Å²) in [4.78, 5) is 0.00324. The van der Waals surface area contributed by atoms with Gasteiger partial charge in [-0.1, -0.05) is 372 Å². The molecule has 0 saturated carbocycles. The number of unbranched alkanes of at least 4 members (excludes halogenated alkanes) is 48. The van der Waals surface area contributed by atoms with Crippen molar-refractivity contribution in [3.63, 3.8) is 0 Å². The summed E-state index contributed by atoms with van der Waals surface area (Å²) >= 11 is 0. The minimum Gasteiger partial charge on any atom is -0.744 e. The van der Waals surface area contributed by atoms with Gasteiger partial charge in [0, 0.05) is 0 Å². The first-order chi connectivity index (χ1) is 42.9. The Bertz CT molecular complexity index is 2370. The maximum Gasteiger partial charge on any atom is 2.00 e. The van der Waals surface area contributed by atoms with Crippen LogP contribution in [-0.2, 0) is 45.9 Å². The number of fused-ring (bicyclic) bond motifs is 2. The van der Waals surface area contributed by atoms with Crippen LogP contribution in [0, 0.1) is 0 Å². The van der Waals surface area contributed by atoms with E-state index in [0.29, 0.717) is 24.0 Å². The molecule has 0 bridgehead atoms. The fourth-order valence-electron chi connectivity index (χ4n) is 13.5. The molecule has 4 rings (SSSR count). The van der Waals surface area contributed by atoms with Crippen LogP contribution in [0.4, 0.5) is 0 Å². The number of hydrogen-bond donors (Lipinski definition) is 0. The van der Waals surface area contributed by atoms with E-state index in [2.05, 4.69) is 64.1 Å². The quantitative estimate of drug-likeness (QED) is 0.0247. The van der Waals surface area contributed by atoms with Crippen LogP contribution in [0.25, 0.3) is 21.5 Å². The zero-order valence-electron chi connectivity index (χ0n) is 58.3. The van der Waals surface area contributed by atoms with Crippen LogP contribution >= 0.6 is 0 Å². The third-order valence-corrected chi connectivity index (χ3v) is 20.9. The molecule has 504 valence electrons. The predicted molar refractivity (Wildman–Crippen MR) is 387 cm³/mol. The van der Waals surface area contributed by atoms with Gasteiger partial charge in [-0.2, -0.15) is 0 Å². The Kier molecular flexibility index (Phi) is 52.8. The van der Waals surface area contributed by atoms with E-state index in [9.17, 15) is 25.9 Å². The van der Waals surface area contributed by atoms with Crippen molar-refractivity contribution in [3.8, 4) is 0 Å². The van der Waals surface area contributed by atoms with Gasteiger partial charge in [0.15, 0.2) is 0 Å². The summed E-state index contributed by atoms with van der Waals surface area (Å²) in [5.41, 5.74) is 3.74. The molecule has 89 heavy (non-hydrogen) atoms. The Morgan fingerprint density at radius 1 is 0.247 bits per heavy atom. The van der Waals surface area contributed by atoms with Gasteiger partial charge in [-0.05, 0) is 119 Å². The van der Waals surface area contributed by atoms with Crippen LogP contribution < -0.4 is 0 Å². The molecule has 0 N–H and O–H groups in total. The summed E-state index contributed by atoms with van der Waals surface area (Å²) in [7, 11) is -9.02. The fourth-order valence-corrected chi connectivity index (χ4v) is 14.9. The molecule has 0 unspecified atom stereocenters. The zero-order chi connectivity index (χ0) is 63.4. The number of hydrogen-bond acceptors (Lipinski definition) is 6. The van der Waals surface area contributed by atoms with Crippen molar-refractivity contribution in [1.29, 1.82) is 0 Å². The second-order valence-electron chi connectivity index (χ2n) is 27.1. The first-order valence-corrected chi connectivity index (χ1v) is 40.8. The van der Waals surface area contributed by atoms with E-state index in [0.717, 1.165) is 72.9 Å². The van der Waals surface area contributed by atoms with Crippen LogP contribution in [0.2, 0.25) is 0 Å². The van der Waals surface area contributed by atoms with Crippen molar-refractivity contribution < 1.29 is 25.9 Å². The minimum atomic E-state index is -4.51. The molecular formula is C80H134BaO6S2. The predicted octanol–water partition coefficient (Wildman–Crippen LogP) is 25.6. The molecule has 4 aromatic carbocycles. The van der Waals surface area contributed by atoms with Gasteiger partial charge >= 0.3 is 48.9 Å². The third-order valence-electron chi connectivity index (χ3n) is 19.0. The monoisotopic (exact) mass is 1390 g/mol. The van der Waals surface area contributed by atoms with Crippen LogP contribution in [-0.4, -0.2) is 74.8 Å². The van der Waals surface area contributed by atoms with Gasteiger partial charge in [-0.15, -0.1) is 0 Å². The van der Waals surface area contributed by atoms with E-state index in [1.165, 1.54) is 306 Å². The number of aryl methyl sites for hydroxylation is 4. The van der Waals surface area contributed by atoms with Gasteiger partial charge in [-0.25, -0.2) is 16.8 Å². The molecule has 0 heterocycles. The van der Waals surface area contributed by atoms with Crippen LogP contribution in [0.5, 0.6) is 0 Å². The molecule has 0 saturated heterocycles. The Labute approximate surface area is 591 Å². The molecule has 0 atom stereocenters. The Morgan fingerprint density at radius 2 is 0.427 bits per heavy atom. The van der Waals surface area contributed by atoms with Crippen molar-refractivity contribution in [1.82, 2.24) is 0 Å². The number of rotatable bonds is 58. The Hall–Kier alpha value is -1.21. The zero-order valence-corrected chi connectivity index (χ0v) is 64.4. The number of benzene rings is 4. The van der Waals surface area contributed by atoms with E-state index in [1.54, 1.807) is 12.1 Å². The molecule has 0 amide bonds. The summed E-state index contributed by atoms with van der Waals surface area (Å²) < 4.78 is 73.6. The fraction of sp³-hybridized carbons (Fsp3) is 0.750. The Morgan fingerprint density at radius 3 is 0.618 bits per heavy atom. The maximum atomic E-state index is 12.3. The van der Waals surface area contributed by atoms with Crippen LogP contribution in [0.15, 0.2) is 70.5 Å². The SMILES string of the molecule is CCCCCCCCCCCCCCCc1cc2cccc(CCCCCCCCCCCCCCC)c2cc1S(=O)(=O)[O-].CCCCCCCCCCCCCCCc1cc2cccc(CCCCCCCCCCCCCCC)c2cc1S(=O)(=O)[O-].[Ba+2]. The van der Waals surface area contributed by atoms with Gasteiger partial charge in [0.1, 0.15) is 20.2 Å². The van der Waals surface area contributed by atoms with Gasteiger partial charge in [-0.3, -0.25) is 0 Å². The summed E-state index contributed by atoms with van der Waals surface area (Å²) in [6.07, 6.45) is 71.2. The minimum absolute atomic E-state index is 0. The molecule has 6 nitrogen and oxygen atoms in total. The molecule has 0 aliphatic carbocycles. The summed E-state index contributed by atoms with van der Waals surface area (Å²) in [6.45, 7) is 9.08. The molecule has 9 heteroatoms. The van der Waals surface area contributed by atoms with E-state index >= 15 is 0 Å². The van der Waals surface area contributed by atoms with Crippen molar-refractivity contribution in [3.05, 3.63) is 82.9 Å². The average molecular weight is 1390 g/mol. The molecule has 0 aromatic heterocycles. The normalized spacial score (nSPS) is 11.8. The molecule has 0 aliphatic rings. The maximum absolute atomic E-state index is 12.3. The molecule has 4 aromatic rings. The Balaban J connectivity index is 0.000000600. The van der Waals surface area contributed by atoms with E-state index in [-0.39, 0.29) is 58.7 Å². The first-order valence-electron chi connectivity index (χ1n) is 37.9. The third kappa shape index (κ3) is 41.4. The summed E-state index contributed by atoms with van der Waals surface area (Å²) in [5, 5.41) is 4.01. The van der Waals surface area contributed by atoms with Crippen LogP contribution in [0.3, 0.4) is 0 Å². The van der Waals surface area contributed by atoms with Crippen molar-refractivity contribution >= 4 is 90.7 Å². The molecule has 0 aliphatic heterocycles. The first kappa shape index (κ1) is 83.9. The summed E-state index contributed by atoms with van der Waals surface area (Å²) in [6, 6.07) is 19.8. The molecule has 0 radical (unpaired) electrons. The molecule has 0 fully saturated rings. The van der Waals surface area contributed by atoms with E-state index < -0.39 is 20.2 Å². The van der Waals surface area contributed by atoms with Gasteiger partial charge in [0.25, 0.3) is 0 Å². The average Bonchev–Trinajstić information content (AvgIpc) is 1.37. The molecular weight excluding hydrogens is 1260 g/mol. The molecule has 0 spiro atoms. The largest absolute Gasteiger partial charge is 2.00 e. The van der Waals surface area contributed by atoms with Crippen molar-refractivity contribution in [2.24, 2.45) is 0 Å².